The summed E-state index contributed by atoms with van der Waals surface area (Å²) in [5.41, 5.74) is -3.16. The van der Waals surface area contributed by atoms with Crippen LogP contribution in [0.15, 0.2) is 69.9 Å². The van der Waals surface area contributed by atoms with E-state index in [1.165, 1.54) is 43.3 Å². The fourth-order valence-electron chi connectivity index (χ4n) is 6.97. The SMILES string of the molecule is C[C@@H]1O[C@@H](OC[C@H]2O[C@@H](Oc3cc(O)c4c(=O)c(O[C@@H]5OC[C@](O)(CO)[C@H]5O)c(-c5ccc(O)cc5)oc4c3)[C@H](OC(=O)/C=C/c3ccc(O)c(O)c3)[C@@H](O)[C@@H]2O)[C@H](O)[C@H](O)[C@H]1O. The Hall–Kier alpha value is -5.60. The summed E-state index contributed by atoms with van der Waals surface area (Å²) in [6, 6.07) is 10.9. The van der Waals surface area contributed by atoms with Gasteiger partial charge in [0, 0.05) is 23.8 Å². The van der Waals surface area contributed by atoms with Crippen LogP contribution >= 0.6 is 0 Å². The predicted octanol–water partition coefficient (Wildman–Crippen LogP) is -1.60. The van der Waals surface area contributed by atoms with E-state index >= 15 is 0 Å². The van der Waals surface area contributed by atoms with Crippen LogP contribution < -0.4 is 14.9 Å². The van der Waals surface area contributed by atoms with Crippen LogP contribution in [0.25, 0.3) is 28.4 Å². The quantitative estimate of drug-likeness (QED) is 0.0433. The maximum atomic E-state index is 14.1. The molecule has 13 atom stereocenters. The zero-order valence-corrected chi connectivity index (χ0v) is 32.8. The molecule has 0 unspecified atom stereocenters. The van der Waals surface area contributed by atoms with Crippen LogP contribution in [-0.4, -0.2) is 166 Å². The maximum absolute atomic E-state index is 14.1. The fourth-order valence-corrected chi connectivity index (χ4v) is 6.97. The molecule has 0 aliphatic carbocycles. The number of esters is 1. The lowest BCUT2D eigenvalue weighted by molar-refractivity contribution is -0.319. The molecule has 3 saturated heterocycles. The number of hydrogen-bond donors (Lipinski definition) is 12. The number of hydrogen-bond acceptors (Lipinski definition) is 22. The molecule has 0 amide bonds. The lowest BCUT2D eigenvalue weighted by atomic mass is 9.98. The smallest absolute Gasteiger partial charge is 0.331 e. The number of aliphatic hydroxyl groups excluding tert-OH is 7. The van der Waals surface area contributed by atoms with Crippen LogP contribution in [0.1, 0.15) is 12.5 Å². The van der Waals surface area contributed by atoms with E-state index in [4.69, 9.17) is 37.6 Å². The highest BCUT2D eigenvalue weighted by Crippen LogP contribution is 2.39. The summed E-state index contributed by atoms with van der Waals surface area (Å²) in [4.78, 5) is 27.2. The number of carbonyl (C=O) groups is 1. The van der Waals surface area contributed by atoms with Gasteiger partial charge in [0.1, 0.15) is 76.5 Å². The van der Waals surface area contributed by atoms with Crippen molar-refractivity contribution in [2.24, 2.45) is 0 Å². The molecule has 22 nitrogen and oxygen atoms in total. The summed E-state index contributed by atoms with van der Waals surface area (Å²) in [6.45, 7) is -0.749. The molecule has 4 heterocycles. The molecule has 22 heteroatoms. The highest BCUT2D eigenvalue weighted by atomic mass is 16.7. The van der Waals surface area contributed by atoms with Crippen molar-refractivity contribution >= 4 is 23.0 Å². The molecular weight excluding hydrogens is 844 g/mol. The monoisotopic (exact) mass is 888 g/mol. The fraction of sp³-hybridized carbons (Fsp3) is 0.415. The number of aromatic hydroxyl groups is 4. The van der Waals surface area contributed by atoms with Crippen LogP contribution in [0.3, 0.4) is 0 Å². The van der Waals surface area contributed by atoms with E-state index in [1.54, 1.807) is 0 Å². The summed E-state index contributed by atoms with van der Waals surface area (Å²) in [6.07, 6.45) is -18.1. The largest absolute Gasteiger partial charge is 0.508 e. The van der Waals surface area contributed by atoms with Crippen molar-refractivity contribution in [2.45, 2.75) is 86.3 Å². The molecule has 3 aliphatic heterocycles. The Labute approximate surface area is 354 Å². The molecule has 1 aromatic heterocycles. The van der Waals surface area contributed by atoms with Crippen molar-refractivity contribution in [3.8, 4) is 45.8 Å². The summed E-state index contributed by atoms with van der Waals surface area (Å²) in [5, 5.41) is 124. The van der Waals surface area contributed by atoms with Gasteiger partial charge in [-0.15, -0.1) is 0 Å². The van der Waals surface area contributed by atoms with Crippen LogP contribution in [0.4, 0.5) is 0 Å². The van der Waals surface area contributed by atoms with Gasteiger partial charge in [-0.05, 0) is 55.0 Å². The second-order valence-electron chi connectivity index (χ2n) is 15.1. The number of aliphatic hydroxyl groups is 8. The third-order valence-corrected chi connectivity index (χ3v) is 10.6. The Morgan fingerprint density at radius 1 is 0.810 bits per heavy atom. The summed E-state index contributed by atoms with van der Waals surface area (Å²) in [5.74, 6) is -4.28. The average molecular weight is 889 g/mol. The van der Waals surface area contributed by atoms with Gasteiger partial charge in [0.05, 0.1) is 25.9 Å². The van der Waals surface area contributed by atoms with Gasteiger partial charge in [-0.25, -0.2) is 4.79 Å². The first-order valence-electron chi connectivity index (χ1n) is 19.2. The number of fused-ring (bicyclic) bond motifs is 1. The van der Waals surface area contributed by atoms with Crippen molar-refractivity contribution in [3.05, 3.63) is 76.5 Å². The summed E-state index contributed by atoms with van der Waals surface area (Å²) in [7, 11) is 0. The summed E-state index contributed by atoms with van der Waals surface area (Å²) >= 11 is 0. The first-order valence-corrected chi connectivity index (χ1v) is 19.2. The molecule has 0 bridgehead atoms. The Morgan fingerprint density at radius 2 is 1.54 bits per heavy atom. The van der Waals surface area contributed by atoms with E-state index in [1.807, 2.05) is 0 Å². The van der Waals surface area contributed by atoms with Crippen molar-refractivity contribution in [2.75, 3.05) is 19.8 Å². The Kier molecular flexibility index (Phi) is 13.2. The van der Waals surface area contributed by atoms with Gasteiger partial charge in [-0.2, -0.15) is 0 Å². The molecule has 3 fully saturated rings. The van der Waals surface area contributed by atoms with E-state index in [-0.39, 0.29) is 34.0 Å². The molecule has 7 rings (SSSR count). The first kappa shape index (κ1) is 45.4. The molecular formula is C41H44O22. The lowest BCUT2D eigenvalue weighted by Crippen LogP contribution is -2.62. The second-order valence-corrected chi connectivity index (χ2v) is 15.1. The number of ether oxygens (including phenoxy) is 7. The molecule has 0 saturated carbocycles. The van der Waals surface area contributed by atoms with Crippen LogP contribution in [0.5, 0.6) is 34.5 Å². The summed E-state index contributed by atoms with van der Waals surface area (Å²) < 4.78 is 45.5. The Bertz CT molecular complexity index is 2370. The van der Waals surface area contributed by atoms with Crippen LogP contribution in [0.2, 0.25) is 0 Å². The topological polar surface area (TPSA) is 355 Å². The van der Waals surface area contributed by atoms with E-state index in [9.17, 15) is 70.9 Å². The van der Waals surface area contributed by atoms with E-state index in [0.29, 0.717) is 0 Å². The first-order chi connectivity index (χ1) is 29.9. The number of phenols is 4. The molecule has 0 radical (unpaired) electrons. The number of carbonyl (C=O) groups excluding carboxylic acids is 1. The number of phenolic OH excluding ortho intramolecular Hbond substituents is 4. The average Bonchev–Trinajstić information content (AvgIpc) is 3.54. The van der Waals surface area contributed by atoms with Crippen LogP contribution in [-0.2, 0) is 28.5 Å². The third kappa shape index (κ3) is 9.24. The molecule has 12 N–H and O–H groups in total. The lowest BCUT2D eigenvalue weighted by Gasteiger charge is -2.43. The van der Waals surface area contributed by atoms with E-state index in [0.717, 1.165) is 30.3 Å². The van der Waals surface area contributed by atoms with Gasteiger partial charge in [0.15, 0.2) is 29.7 Å². The predicted molar refractivity (Wildman–Crippen MR) is 208 cm³/mol. The molecule has 340 valence electrons. The van der Waals surface area contributed by atoms with E-state index in [2.05, 4.69) is 0 Å². The second kappa shape index (κ2) is 18.2. The zero-order chi connectivity index (χ0) is 45.5. The molecule has 0 spiro atoms. The van der Waals surface area contributed by atoms with Gasteiger partial charge < -0.3 is 98.9 Å². The highest BCUT2D eigenvalue weighted by molar-refractivity contribution is 5.89. The van der Waals surface area contributed by atoms with Crippen molar-refractivity contribution < 1.29 is 104 Å². The van der Waals surface area contributed by atoms with Gasteiger partial charge in [0.25, 0.3) is 0 Å². The zero-order valence-electron chi connectivity index (χ0n) is 32.8. The highest BCUT2D eigenvalue weighted by Gasteiger charge is 2.51. The minimum atomic E-state index is -2.14. The number of rotatable bonds is 12. The Balaban J connectivity index is 1.22. The van der Waals surface area contributed by atoms with Crippen LogP contribution in [0, 0.1) is 0 Å². The van der Waals surface area contributed by atoms with Gasteiger partial charge in [-0.1, -0.05) is 6.07 Å². The Morgan fingerprint density at radius 3 is 2.22 bits per heavy atom. The minimum Gasteiger partial charge on any atom is -0.508 e. The standard InChI is InChI=1S/C41H44O22/c1-16-28(48)31(51)33(53)38(58-16)56-13-25-29(49)32(52)36(62-26(47)9-3-17-2-8-21(44)22(45)10-17)39(61-25)59-20-11-23(46)27-24(12-20)60-34(18-4-6-19(43)7-5-18)35(30(27)50)63-40-37(54)41(55,14-42)15-57-40/h2-12,16,25,28-29,31-33,36-40,42-46,48-49,51-55H,13-15H2,1H3/b9-3+/t16-,25+,28-,29+,31+,32-,33+,36+,37-,38+,39+,40-,41+/m0/s1. The van der Waals surface area contributed by atoms with Gasteiger partial charge in [0.2, 0.25) is 23.8 Å². The molecule has 4 aromatic rings. The van der Waals surface area contributed by atoms with Crippen molar-refractivity contribution in [1.29, 1.82) is 0 Å². The van der Waals surface area contributed by atoms with Gasteiger partial charge in [-0.3, -0.25) is 4.79 Å². The maximum Gasteiger partial charge on any atom is 0.331 e. The van der Waals surface area contributed by atoms with E-state index < -0.39 is 139 Å². The van der Waals surface area contributed by atoms with Crippen molar-refractivity contribution in [1.82, 2.24) is 0 Å². The minimum absolute atomic E-state index is 0.124. The molecule has 3 aromatic carbocycles. The molecule has 63 heavy (non-hydrogen) atoms. The number of benzene rings is 3. The van der Waals surface area contributed by atoms with Gasteiger partial charge >= 0.3 is 5.97 Å². The molecule has 3 aliphatic rings. The normalized spacial score (nSPS) is 32.2. The third-order valence-electron chi connectivity index (χ3n) is 10.6. The van der Waals surface area contributed by atoms with Crippen molar-refractivity contribution in [3.63, 3.8) is 0 Å².